The Morgan fingerprint density at radius 1 is 1.32 bits per heavy atom. The number of allylic oxidation sites excluding steroid dienone is 2. The van der Waals surface area contributed by atoms with Crippen LogP contribution in [-0.2, 0) is 23.9 Å². The summed E-state index contributed by atoms with van der Waals surface area (Å²) in [5.41, 5.74) is 7.59. The molecule has 4 N–H and O–H groups in total. The van der Waals surface area contributed by atoms with E-state index in [-0.39, 0.29) is 24.6 Å². The lowest BCUT2D eigenvalue weighted by molar-refractivity contribution is -0.151. The summed E-state index contributed by atoms with van der Waals surface area (Å²) in [4.78, 5) is 48.7. The second-order valence-electron chi connectivity index (χ2n) is 6.68. The van der Waals surface area contributed by atoms with Gasteiger partial charge in [-0.05, 0) is 12.0 Å². The maximum absolute atomic E-state index is 12.5. The van der Waals surface area contributed by atoms with Crippen LogP contribution in [0.2, 0.25) is 0 Å². The molecule has 1 saturated heterocycles. The van der Waals surface area contributed by atoms with Gasteiger partial charge in [-0.25, -0.2) is 4.79 Å². The number of β-lactam (4-membered cyclic amide) rings is 1. The summed E-state index contributed by atoms with van der Waals surface area (Å²) in [5, 5.41) is 11.7. The number of aliphatic carboxylic acids is 1. The number of nitrogens with one attached hydrogen (secondary N) is 1. The van der Waals surface area contributed by atoms with Crippen molar-refractivity contribution >= 4 is 35.5 Å². The van der Waals surface area contributed by atoms with Crippen molar-refractivity contribution in [2.45, 2.75) is 37.6 Å². The highest BCUT2D eigenvalue weighted by molar-refractivity contribution is 8.00. The third-order valence-electron chi connectivity index (χ3n) is 4.71. The van der Waals surface area contributed by atoms with Crippen LogP contribution in [0.3, 0.4) is 0 Å². The van der Waals surface area contributed by atoms with Gasteiger partial charge in [-0.2, -0.15) is 0 Å². The number of carboxylic acids is 1. The summed E-state index contributed by atoms with van der Waals surface area (Å²) in [7, 11) is 0. The van der Waals surface area contributed by atoms with E-state index in [1.807, 2.05) is 12.2 Å². The van der Waals surface area contributed by atoms with E-state index in [4.69, 9.17) is 10.5 Å². The molecule has 0 bridgehead atoms. The van der Waals surface area contributed by atoms with Gasteiger partial charge in [-0.15, -0.1) is 11.8 Å². The monoisotopic (exact) mass is 407 g/mol. The summed E-state index contributed by atoms with van der Waals surface area (Å²) in [5.74, 6) is -2.32. The lowest BCUT2D eigenvalue weighted by Gasteiger charge is -2.49. The Balaban J connectivity index is 1.67. The molecule has 2 heterocycles. The standard InChI is InChI=1S/C18H21N3O6S/c1-9(22)27-7-11-8-28-17-14(16(24)21(17)15(11)18(25)26)20-13(23)6-10-4-2-3-5-12(10)19/h2-3,14,17H,4-8,19H2,1H3,(H,20,23)(H,25,26)/t14?,17-/m1/s1. The third kappa shape index (κ3) is 3.91. The summed E-state index contributed by atoms with van der Waals surface area (Å²) in [6.45, 7) is 1.04. The van der Waals surface area contributed by atoms with Crippen molar-refractivity contribution in [3.63, 3.8) is 0 Å². The maximum atomic E-state index is 12.5. The van der Waals surface area contributed by atoms with Crippen molar-refractivity contribution in [2.24, 2.45) is 5.73 Å². The molecular weight excluding hydrogens is 386 g/mol. The number of amides is 2. The van der Waals surface area contributed by atoms with Crippen LogP contribution in [0.5, 0.6) is 0 Å². The van der Waals surface area contributed by atoms with Crippen LogP contribution in [0.15, 0.2) is 34.7 Å². The number of fused-ring (bicyclic) bond motifs is 1. The summed E-state index contributed by atoms with van der Waals surface area (Å²) in [6.07, 6.45) is 5.20. The van der Waals surface area contributed by atoms with Crippen LogP contribution < -0.4 is 11.1 Å². The van der Waals surface area contributed by atoms with E-state index in [0.717, 1.165) is 10.5 Å². The van der Waals surface area contributed by atoms with Gasteiger partial charge in [0.05, 0.1) is 0 Å². The zero-order valence-electron chi connectivity index (χ0n) is 15.3. The van der Waals surface area contributed by atoms with E-state index < -0.39 is 29.3 Å². The van der Waals surface area contributed by atoms with Crippen LogP contribution in [0.25, 0.3) is 0 Å². The van der Waals surface area contributed by atoms with E-state index in [1.54, 1.807) is 0 Å². The van der Waals surface area contributed by atoms with Gasteiger partial charge in [-0.1, -0.05) is 12.2 Å². The van der Waals surface area contributed by atoms with Gasteiger partial charge in [0, 0.05) is 36.8 Å². The Morgan fingerprint density at radius 2 is 2.04 bits per heavy atom. The van der Waals surface area contributed by atoms with Gasteiger partial charge < -0.3 is 20.9 Å². The maximum Gasteiger partial charge on any atom is 0.352 e. The fraction of sp³-hybridized carbons (Fsp3) is 0.444. The molecule has 1 unspecified atom stereocenters. The second kappa shape index (κ2) is 8.09. The highest BCUT2D eigenvalue weighted by atomic mass is 32.2. The first-order valence-electron chi connectivity index (χ1n) is 8.73. The van der Waals surface area contributed by atoms with Gasteiger partial charge in [0.15, 0.2) is 0 Å². The van der Waals surface area contributed by atoms with Gasteiger partial charge >= 0.3 is 11.9 Å². The number of nitrogens with zero attached hydrogens (tertiary/aromatic N) is 1. The van der Waals surface area contributed by atoms with Crippen LogP contribution in [-0.4, -0.2) is 57.5 Å². The first-order valence-corrected chi connectivity index (χ1v) is 9.78. The molecule has 0 aromatic carbocycles. The number of hydrogen-bond donors (Lipinski definition) is 3. The molecule has 1 aliphatic carbocycles. The molecule has 0 spiro atoms. The quantitative estimate of drug-likeness (QED) is 0.323. The van der Waals surface area contributed by atoms with Crippen molar-refractivity contribution in [2.75, 3.05) is 12.4 Å². The molecular formula is C18H21N3O6S. The van der Waals surface area contributed by atoms with Crippen LogP contribution >= 0.6 is 11.8 Å². The fourth-order valence-electron chi connectivity index (χ4n) is 3.30. The number of esters is 1. The normalized spacial score (nSPS) is 23.9. The lowest BCUT2D eigenvalue weighted by Crippen LogP contribution is -2.70. The Kier molecular flexibility index (Phi) is 5.78. The van der Waals surface area contributed by atoms with Crippen LogP contribution in [0, 0.1) is 0 Å². The van der Waals surface area contributed by atoms with Gasteiger partial charge in [0.25, 0.3) is 5.91 Å². The largest absolute Gasteiger partial charge is 0.477 e. The molecule has 0 radical (unpaired) electrons. The van der Waals surface area contributed by atoms with E-state index in [9.17, 15) is 24.3 Å². The molecule has 2 atom stereocenters. The van der Waals surface area contributed by atoms with Crippen LogP contribution in [0.4, 0.5) is 0 Å². The zero-order valence-corrected chi connectivity index (χ0v) is 16.1. The molecule has 2 amide bonds. The molecule has 9 nitrogen and oxygen atoms in total. The number of rotatable bonds is 6. The molecule has 2 aliphatic heterocycles. The molecule has 0 saturated carbocycles. The van der Waals surface area contributed by atoms with Crippen molar-refractivity contribution in [3.8, 4) is 0 Å². The smallest absolute Gasteiger partial charge is 0.352 e. The number of carboxylic acid groups (broad SMARTS) is 1. The SMILES string of the molecule is CC(=O)OCC1=C(C(=O)O)N2C(=O)C(NC(=O)CC3=C(N)CC=CC3)[C@H]2SC1. The van der Waals surface area contributed by atoms with E-state index in [0.29, 0.717) is 29.9 Å². The van der Waals surface area contributed by atoms with Crippen molar-refractivity contribution in [3.05, 3.63) is 34.7 Å². The predicted octanol–water partition coefficient (Wildman–Crippen LogP) is 0.241. The molecule has 3 rings (SSSR count). The van der Waals surface area contributed by atoms with E-state index in [1.165, 1.54) is 18.7 Å². The van der Waals surface area contributed by atoms with Crippen LogP contribution in [0.1, 0.15) is 26.2 Å². The summed E-state index contributed by atoms with van der Waals surface area (Å²) in [6, 6.07) is -0.789. The summed E-state index contributed by atoms with van der Waals surface area (Å²) < 4.78 is 4.89. The average molecular weight is 407 g/mol. The molecule has 0 aromatic heterocycles. The molecule has 10 heteroatoms. The highest BCUT2D eigenvalue weighted by Gasteiger charge is 2.54. The molecule has 1 fully saturated rings. The second-order valence-corrected chi connectivity index (χ2v) is 7.78. The Labute approximate surface area is 165 Å². The predicted molar refractivity (Wildman–Crippen MR) is 101 cm³/mol. The lowest BCUT2D eigenvalue weighted by atomic mass is 9.98. The van der Waals surface area contributed by atoms with E-state index in [2.05, 4.69) is 5.32 Å². The summed E-state index contributed by atoms with van der Waals surface area (Å²) >= 11 is 1.32. The van der Waals surface area contributed by atoms with Gasteiger partial charge in [-0.3, -0.25) is 19.3 Å². The van der Waals surface area contributed by atoms with Gasteiger partial charge in [0.1, 0.15) is 23.7 Å². The number of ether oxygens (including phenoxy) is 1. The minimum Gasteiger partial charge on any atom is -0.477 e. The fourth-order valence-corrected chi connectivity index (χ4v) is 4.63. The highest BCUT2D eigenvalue weighted by Crippen LogP contribution is 2.40. The number of nitrogens with two attached hydrogens (primary N) is 1. The van der Waals surface area contributed by atoms with Crippen molar-refractivity contribution in [1.82, 2.24) is 10.2 Å². The zero-order chi connectivity index (χ0) is 20.4. The number of carbonyl (C=O) groups excluding carboxylic acids is 3. The molecule has 150 valence electrons. The van der Waals surface area contributed by atoms with Gasteiger partial charge in [0.2, 0.25) is 5.91 Å². The van der Waals surface area contributed by atoms with Crippen molar-refractivity contribution < 1.29 is 29.0 Å². The molecule has 3 aliphatic rings. The number of thioether (sulfide) groups is 1. The Morgan fingerprint density at radius 3 is 2.68 bits per heavy atom. The molecule has 28 heavy (non-hydrogen) atoms. The minimum atomic E-state index is -1.27. The first kappa shape index (κ1) is 20.0. The molecule has 0 aromatic rings. The Bertz CT molecular complexity index is 831. The Hall–Kier alpha value is -2.75. The third-order valence-corrected chi connectivity index (χ3v) is 6.05. The minimum absolute atomic E-state index is 0.108. The number of hydrogen-bond acceptors (Lipinski definition) is 7. The average Bonchev–Trinajstić information content (AvgIpc) is 2.65. The number of carbonyl (C=O) groups is 4. The van der Waals surface area contributed by atoms with E-state index >= 15 is 0 Å². The van der Waals surface area contributed by atoms with Crippen molar-refractivity contribution in [1.29, 1.82) is 0 Å². The first-order chi connectivity index (χ1) is 13.3. The topological polar surface area (TPSA) is 139 Å².